The largest absolute Gasteiger partial charge is 0.481 e. The highest BCUT2D eigenvalue weighted by Gasteiger charge is 2.41. The van der Waals surface area contributed by atoms with Crippen molar-refractivity contribution in [3.63, 3.8) is 0 Å². The Morgan fingerprint density at radius 1 is 0.500 bits per heavy atom. The van der Waals surface area contributed by atoms with E-state index in [0.717, 1.165) is 43.2 Å². The van der Waals surface area contributed by atoms with E-state index in [4.69, 9.17) is 5.73 Å². The second-order valence-electron chi connectivity index (χ2n) is 32.7. The predicted molar refractivity (Wildman–Crippen MR) is 459 cm³/mol. The lowest BCUT2D eigenvalue weighted by Crippen LogP contribution is -2.61. The molecule has 41 heteroatoms. The molecule has 122 heavy (non-hydrogen) atoms. The van der Waals surface area contributed by atoms with Gasteiger partial charge in [0.15, 0.2) is 11.6 Å². The topological polar surface area (TPSA) is 582 Å². The molecule has 7 rings (SSSR count). The van der Waals surface area contributed by atoms with E-state index < -0.39 is 246 Å². The summed E-state index contributed by atoms with van der Waals surface area (Å²) in [7, 11) is 3.67. The molecule has 20 N–H and O–H groups in total. The Labute approximate surface area is 721 Å². The average Bonchev–Trinajstić information content (AvgIpc) is 1.64. The molecule has 5 heterocycles. The highest BCUT2D eigenvalue weighted by Crippen LogP contribution is 2.33. The van der Waals surface area contributed by atoms with Crippen LogP contribution in [0.15, 0.2) is 73.4 Å². The fourth-order valence-electron chi connectivity index (χ4n) is 13.6. The van der Waals surface area contributed by atoms with Gasteiger partial charge in [-0.3, -0.25) is 81.5 Å². The number of aromatic nitrogens is 4. The van der Waals surface area contributed by atoms with Crippen molar-refractivity contribution >= 4 is 165 Å². The maximum atomic E-state index is 15.5. The molecule has 2 fully saturated rings. The molecule has 37 nitrogen and oxygen atoms in total. The third-order valence-electron chi connectivity index (χ3n) is 20.2. The summed E-state index contributed by atoms with van der Waals surface area (Å²) in [5.74, 6) is -22.6. The van der Waals surface area contributed by atoms with E-state index in [9.17, 15) is 72.9 Å². The van der Waals surface area contributed by atoms with Crippen molar-refractivity contribution < 1.29 is 96.8 Å². The first-order chi connectivity index (χ1) is 57.6. The summed E-state index contributed by atoms with van der Waals surface area (Å²) in [6.07, 6.45) is -0.327. The van der Waals surface area contributed by atoms with Gasteiger partial charge in [-0.15, -0.1) is 0 Å². The Morgan fingerprint density at radius 3 is 1.50 bits per heavy atom. The maximum Gasteiger partial charge on any atom is 0.304 e. The highest BCUT2D eigenvalue weighted by molar-refractivity contribution is 8.77. The van der Waals surface area contributed by atoms with Gasteiger partial charge in [-0.1, -0.05) is 142 Å². The summed E-state index contributed by atoms with van der Waals surface area (Å²) in [6, 6.07) is -5.32. The Morgan fingerprint density at radius 2 is 0.975 bits per heavy atom. The third-order valence-corrected chi connectivity index (χ3v) is 25.2. The average molecular weight is 1770 g/mol. The first-order valence-corrected chi connectivity index (χ1v) is 45.2. The number of nitrogens with two attached hydrogens (primary N) is 1. The summed E-state index contributed by atoms with van der Waals surface area (Å²) >= 11 is 0. The molecule has 12 amide bonds. The number of hydrogen-bond donors (Lipinski definition) is 19. The molecule has 0 radical (unpaired) electrons. The van der Waals surface area contributed by atoms with E-state index in [1.54, 1.807) is 123 Å². The smallest absolute Gasteiger partial charge is 0.304 e. The van der Waals surface area contributed by atoms with Crippen molar-refractivity contribution in [3.8, 4) is 0 Å². The second kappa shape index (κ2) is 46.8. The number of carbonyl (C=O) groups is 17. The number of nitrogens with zero attached hydrogens (tertiary/aromatic N) is 1. The van der Waals surface area contributed by atoms with E-state index in [-0.39, 0.29) is 66.9 Å². The van der Waals surface area contributed by atoms with Crippen LogP contribution in [0.2, 0.25) is 0 Å². The van der Waals surface area contributed by atoms with Crippen LogP contribution in [-0.2, 0) is 101 Å². The number of Topliss-reactive ketones (excluding diaryl/α,β-unsaturated/α-hetero) is 3. The van der Waals surface area contributed by atoms with Gasteiger partial charge in [-0.05, 0) is 74.1 Å². The van der Waals surface area contributed by atoms with Crippen LogP contribution in [0.3, 0.4) is 0 Å². The van der Waals surface area contributed by atoms with Crippen LogP contribution < -0.4 is 69.5 Å². The molecule has 2 saturated heterocycles. The van der Waals surface area contributed by atoms with Gasteiger partial charge in [-0.2, -0.15) is 0 Å². The molecule has 2 aliphatic heterocycles. The fourth-order valence-corrected chi connectivity index (χ4v) is 18.4. The van der Waals surface area contributed by atoms with Crippen LogP contribution >= 0.6 is 43.2 Å². The monoisotopic (exact) mass is 1770 g/mol. The van der Waals surface area contributed by atoms with E-state index in [1.807, 2.05) is 0 Å². The molecule has 666 valence electrons. The molecular formula is C81H113N17O20S4. The Kier molecular flexibility index (Phi) is 37.9. The van der Waals surface area contributed by atoms with Crippen LogP contribution in [-0.4, -0.2) is 244 Å². The number of imidazole rings is 1. The Bertz CT molecular complexity index is 4570. The number of benzene rings is 2. The van der Waals surface area contributed by atoms with Gasteiger partial charge in [0.05, 0.1) is 43.1 Å². The lowest BCUT2D eigenvalue weighted by molar-refractivity contribution is -0.142. The number of rotatable bonds is 18. The van der Waals surface area contributed by atoms with Gasteiger partial charge in [0.1, 0.15) is 72.2 Å². The lowest BCUT2D eigenvalue weighted by Gasteiger charge is -2.30. The summed E-state index contributed by atoms with van der Waals surface area (Å²) < 4.78 is 0. The van der Waals surface area contributed by atoms with Gasteiger partial charge < -0.3 is 99.8 Å². The molecule has 2 aliphatic rings. The summed E-state index contributed by atoms with van der Waals surface area (Å²) in [4.78, 5) is 259. The second-order valence-corrected chi connectivity index (χ2v) is 37.8. The minimum absolute atomic E-state index is 0.0632. The molecule has 0 aliphatic carbocycles. The van der Waals surface area contributed by atoms with Crippen molar-refractivity contribution in [2.45, 2.75) is 219 Å². The van der Waals surface area contributed by atoms with Crippen LogP contribution in [0.5, 0.6) is 0 Å². The molecule has 0 saturated carbocycles. The van der Waals surface area contributed by atoms with E-state index in [1.165, 1.54) is 26.4 Å². The minimum atomic E-state index is -1.78. The minimum Gasteiger partial charge on any atom is -0.481 e. The number of carbonyl (C=O) groups excluding carboxylic acids is 15. The summed E-state index contributed by atoms with van der Waals surface area (Å²) in [5.41, 5.74) is 7.78. The first kappa shape index (κ1) is 98.7. The molecule has 3 aromatic heterocycles. The summed E-state index contributed by atoms with van der Waals surface area (Å²) in [5, 5.41) is 64.0. The van der Waals surface area contributed by atoms with Gasteiger partial charge >= 0.3 is 11.9 Å². The number of carboxylic acid groups (broad SMARTS) is 2. The first-order valence-electron chi connectivity index (χ1n) is 40.2. The number of aromatic amines is 3. The number of amides is 12. The van der Waals surface area contributed by atoms with Crippen LogP contribution in [0.1, 0.15) is 138 Å². The van der Waals surface area contributed by atoms with Crippen molar-refractivity contribution in [2.24, 2.45) is 40.7 Å². The molecule has 2 bridgehead atoms. The number of fused-ring (bicyclic) bond motifs is 7. The summed E-state index contributed by atoms with van der Waals surface area (Å²) in [6.45, 7) is 16.5. The number of ketones is 3. The van der Waals surface area contributed by atoms with Gasteiger partial charge in [-0.25, -0.2) is 4.98 Å². The number of hydrogen-bond acceptors (Lipinski definition) is 24. The zero-order valence-electron chi connectivity index (χ0n) is 69.9. The van der Waals surface area contributed by atoms with Crippen LogP contribution in [0.4, 0.5) is 0 Å². The standard InChI is InChI=1S/C81H113N17O20S4/c1-39(2)22-55-72(110)86-33-64(102)89-54(20-21-65(103)104)73(111)92-56(23-40(3)4)77(115)97-67(41(5)6)80(118)94-58(25-46-31-85-53-19-15-13-17-50(46)53)75(113)96-61-37-122-121-36-60(95-71(109)44(28-66(105)106)26-62(100)51(82)35-120-119-34-47(69(107)81(9,10)11)27-63(101)68(43(8)99)98-79(61)117)78(116)88-42(7)70(108)90-57(24-45-30-84-52-18-14-12-16-49(45)52)74(112)93-59(76(114)91-55)29-48-32-83-38-87-48/h12-19,30-32,38-44,47,51,54-61,67-68,84-85,99H,20-29,33-37,82H2,1-11H3,(H,83,87)(H,86,110)(H,88,116)(H,89,102)(H,90,108)(H,91,114)(H,92,111)(H,93,112)(H,94,118)(H,95,109)(H,96,113)(H,97,115)(H,98,117)(H,103,104)(H,105,106)/t42-,43+,44-,47-,51-,54-,55-,56-,57-,58-,59-,60-,61-,67-,68?/m0/s1. The zero-order valence-corrected chi connectivity index (χ0v) is 73.1. The van der Waals surface area contributed by atoms with Crippen molar-refractivity contribution in [1.82, 2.24) is 83.7 Å². The number of carboxylic acids is 2. The number of para-hydroxylation sites is 2. The number of nitrogens with one attached hydrogen (secondary N) is 15. The lowest BCUT2D eigenvalue weighted by atomic mass is 9.81. The third kappa shape index (κ3) is 30.3. The van der Waals surface area contributed by atoms with Gasteiger partial charge in [0.2, 0.25) is 70.9 Å². The van der Waals surface area contributed by atoms with Crippen molar-refractivity contribution in [3.05, 3.63) is 90.3 Å². The van der Waals surface area contributed by atoms with E-state index in [0.29, 0.717) is 32.9 Å². The fraction of sp³-hybridized carbons (Fsp3) is 0.556. The number of aliphatic hydroxyl groups is 1. The molecule has 15 atom stereocenters. The van der Waals surface area contributed by atoms with E-state index >= 15 is 24.0 Å². The molecular weight excluding hydrogens is 1660 g/mol. The van der Waals surface area contributed by atoms with Crippen LogP contribution in [0.25, 0.3) is 21.8 Å². The predicted octanol–water partition coefficient (Wildman–Crippen LogP) is 1.22. The molecule has 1 unspecified atom stereocenters. The number of aliphatic carboxylic acids is 2. The zero-order chi connectivity index (χ0) is 90.0. The number of H-pyrrole nitrogens is 3. The van der Waals surface area contributed by atoms with Crippen LogP contribution in [0, 0.1) is 35.0 Å². The molecule has 5 aromatic rings. The van der Waals surface area contributed by atoms with Crippen molar-refractivity contribution in [1.29, 1.82) is 0 Å². The Hall–Kier alpha value is -10.4. The normalized spacial score (nSPS) is 25.7. The van der Waals surface area contributed by atoms with Gasteiger partial charge in [0, 0.05) is 113 Å². The van der Waals surface area contributed by atoms with E-state index in [2.05, 4.69) is 83.7 Å². The quantitative estimate of drug-likeness (QED) is 0.0548. The highest BCUT2D eigenvalue weighted by atomic mass is 33.1. The molecule has 0 spiro atoms. The molecule has 2 aromatic carbocycles. The van der Waals surface area contributed by atoms with Gasteiger partial charge in [0.25, 0.3) is 0 Å². The number of aliphatic hydroxyl groups excluding tert-OH is 1. The SMILES string of the molecule is CC(C)C[C@@H]1NC(=O)[C@H](Cc2c[nH]cn2)NC(=O)[C@H](Cc2c[nH]c3ccccc23)NC(=O)[C@H](C)NC(=O)[C@@H]2CSSC[C@H](NC(=O)[C@H](Cc3c[nH]c4ccccc34)NC(=O)[C@H](C(C)C)NC(=O)[C@H](CC(C)C)NC(=O)[C@H](CCC(=O)O)NC(=O)CNC1=O)C(=O)NC([C@@H](C)O)C(=O)C[C@H](C(=O)C(C)(C)C)CSSC[C@H](N)C(=O)C[C@@H](CC(=O)O)C(=O)N2. The maximum absolute atomic E-state index is 15.5. The van der Waals surface area contributed by atoms with Crippen molar-refractivity contribution in [2.75, 3.05) is 29.6 Å². The Balaban J connectivity index is 1.36.